The van der Waals surface area contributed by atoms with E-state index in [4.69, 9.17) is 16.3 Å². The molecule has 164 valence electrons. The fourth-order valence-corrected chi connectivity index (χ4v) is 3.11. The smallest absolute Gasteiger partial charge is 0.329 e. The lowest BCUT2D eigenvalue weighted by atomic mass is 10.1. The summed E-state index contributed by atoms with van der Waals surface area (Å²) in [5, 5.41) is 6.76. The van der Waals surface area contributed by atoms with Crippen molar-refractivity contribution in [2.45, 2.75) is 13.5 Å². The van der Waals surface area contributed by atoms with E-state index in [1.165, 1.54) is 12.1 Å². The Hall–Kier alpha value is -3.23. The van der Waals surface area contributed by atoms with Crippen molar-refractivity contribution in [2.75, 3.05) is 5.32 Å². The van der Waals surface area contributed by atoms with Gasteiger partial charge >= 0.3 is 11.8 Å². The highest BCUT2D eigenvalue weighted by Crippen LogP contribution is 2.20. The maximum atomic E-state index is 13.8. The molecule has 0 bridgehead atoms. The third-order valence-electron chi connectivity index (χ3n) is 4.33. The minimum absolute atomic E-state index is 0.110. The third-order valence-corrected chi connectivity index (χ3v) is 5.20. The molecule has 0 saturated heterocycles. The van der Waals surface area contributed by atoms with E-state index in [0.29, 0.717) is 27.6 Å². The van der Waals surface area contributed by atoms with Gasteiger partial charge in [-0.2, -0.15) is 5.10 Å². The van der Waals surface area contributed by atoms with Crippen molar-refractivity contribution >= 4 is 50.7 Å². The molecule has 32 heavy (non-hydrogen) atoms. The average Bonchev–Trinajstić information content (AvgIpc) is 2.78. The Morgan fingerprint density at radius 2 is 1.78 bits per heavy atom. The van der Waals surface area contributed by atoms with E-state index < -0.39 is 17.6 Å². The zero-order chi connectivity index (χ0) is 23.1. The van der Waals surface area contributed by atoms with Crippen molar-refractivity contribution in [1.29, 1.82) is 0 Å². The van der Waals surface area contributed by atoms with Gasteiger partial charge in [-0.05, 0) is 61.0 Å². The molecule has 3 aromatic rings. The summed E-state index contributed by atoms with van der Waals surface area (Å²) in [6.45, 7) is 2.00. The van der Waals surface area contributed by atoms with Crippen LogP contribution in [0, 0.1) is 5.82 Å². The minimum Gasteiger partial charge on any atom is -0.489 e. The number of rotatable bonds is 6. The van der Waals surface area contributed by atoms with Gasteiger partial charge in [0, 0.05) is 15.1 Å². The summed E-state index contributed by atoms with van der Waals surface area (Å²) in [6, 6.07) is 18.5. The van der Waals surface area contributed by atoms with Gasteiger partial charge in [-0.3, -0.25) is 9.59 Å². The minimum atomic E-state index is -1.04. The maximum Gasteiger partial charge on any atom is 0.329 e. The van der Waals surface area contributed by atoms with Crippen LogP contribution in [0.5, 0.6) is 5.75 Å². The molecule has 2 N–H and O–H groups in total. The van der Waals surface area contributed by atoms with Gasteiger partial charge in [0.2, 0.25) is 0 Å². The second kappa shape index (κ2) is 10.9. The SMILES string of the molecule is CC(=NNC(=O)C(=O)Nc1ccc(Br)cc1F)c1ccc(OCc2ccccc2Cl)cc1. The zero-order valence-electron chi connectivity index (χ0n) is 16.9. The molecule has 0 aromatic heterocycles. The summed E-state index contributed by atoms with van der Waals surface area (Å²) < 4.78 is 20.0. The molecule has 3 aromatic carbocycles. The van der Waals surface area contributed by atoms with Gasteiger partial charge in [-0.25, -0.2) is 9.82 Å². The second-order valence-electron chi connectivity index (χ2n) is 6.62. The molecular weight excluding hydrogens is 501 g/mol. The number of benzene rings is 3. The van der Waals surface area contributed by atoms with Crippen LogP contribution in [0.4, 0.5) is 10.1 Å². The number of nitrogens with zero attached hydrogens (tertiary/aromatic N) is 1. The Labute approximate surface area is 197 Å². The van der Waals surface area contributed by atoms with E-state index in [1.807, 2.05) is 18.2 Å². The fraction of sp³-hybridized carbons (Fsp3) is 0.0870. The highest BCUT2D eigenvalue weighted by atomic mass is 79.9. The number of nitrogens with one attached hydrogen (secondary N) is 2. The first kappa shape index (κ1) is 23.4. The van der Waals surface area contributed by atoms with E-state index in [0.717, 1.165) is 11.1 Å². The van der Waals surface area contributed by atoms with Gasteiger partial charge in [-0.1, -0.05) is 45.7 Å². The Kier molecular flexibility index (Phi) is 7.97. The Morgan fingerprint density at radius 1 is 1.06 bits per heavy atom. The monoisotopic (exact) mass is 517 g/mol. The lowest BCUT2D eigenvalue weighted by molar-refractivity contribution is -0.136. The molecule has 0 saturated carbocycles. The molecule has 0 radical (unpaired) electrons. The first-order chi connectivity index (χ1) is 15.3. The standard InChI is InChI=1S/C23H18BrClFN3O3/c1-14(28-29-23(31)22(30)27-21-11-8-17(24)12-20(21)26)15-6-9-18(10-7-15)32-13-16-4-2-3-5-19(16)25/h2-12H,13H2,1H3,(H,27,30)(H,29,31). The van der Waals surface area contributed by atoms with Crippen molar-refractivity contribution in [3.63, 3.8) is 0 Å². The average molecular weight is 519 g/mol. The predicted octanol–water partition coefficient (Wildman–Crippen LogP) is 5.30. The zero-order valence-corrected chi connectivity index (χ0v) is 19.2. The molecule has 0 unspecified atom stereocenters. The molecule has 0 atom stereocenters. The summed E-state index contributed by atoms with van der Waals surface area (Å²) in [6.07, 6.45) is 0. The normalized spacial score (nSPS) is 11.1. The number of hydrogen-bond donors (Lipinski definition) is 2. The lowest BCUT2D eigenvalue weighted by Crippen LogP contribution is -2.33. The van der Waals surface area contributed by atoms with E-state index >= 15 is 0 Å². The highest BCUT2D eigenvalue weighted by Gasteiger charge is 2.15. The second-order valence-corrected chi connectivity index (χ2v) is 7.94. The molecule has 0 spiro atoms. The molecule has 0 aliphatic carbocycles. The van der Waals surface area contributed by atoms with Crippen LogP contribution in [-0.4, -0.2) is 17.5 Å². The van der Waals surface area contributed by atoms with Crippen LogP contribution in [0.25, 0.3) is 0 Å². The molecule has 0 aliphatic rings. The first-order valence-corrected chi connectivity index (χ1v) is 10.6. The van der Waals surface area contributed by atoms with E-state index in [-0.39, 0.29) is 5.69 Å². The van der Waals surface area contributed by atoms with Crippen LogP contribution in [0.2, 0.25) is 5.02 Å². The van der Waals surface area contributed by atoms with Crippen LogP contribution in [0.15, 0.2) is 76.3 Å². The number of hydrogen-bond acceptors (Lipinski definition) is 4. The van der Waals surface area contributed by atoms with Crippen molar-refractivity contribution in [3.8, 4) is 5.75 Å². The maximum absolute atomic E-state index is 13.8. The molecule has 6 nitrogen and oxygen atoms in total. The number of anilines is 1. The largest absolute Gasteiger partial charge is 0.489 e. The molecule has 0 fully saturated rings. The Balaban J connectivity index is 1.55. The number of carbonyl (C=O) groups is 2. The van der Waals surface area contributed by atoms with Crippen LogP contribution in [0.3, 0.4) is 0 Å². The molecule has 0 heterocycles. The van der Waals surface area contributed by atoms with E-state index in [9.17, 15) is 14.0 Å². The van der Waals surface area contributed by atoms with Gasteiger partial charge in [0.05, 0.1) is 11.4 Å². The Bertz CT molecular complexity index is 1170. The molecule has 3 rings (SSSR count). The van der Waals surface area contributed by atoms with Crippen molar-refractivity contribution in [1.82, 2.24) is 5.43 Å². The van der Waals surface area contributed by atoms with Crippen LogP contribution in [0.1, 0.15) is 18.1 Å². The first-order valence-electron chi connectivity index (χ1n) is 9.41. The van der Waals surface area contributed by atoms with Crippen LogP contribution >= 0.6 is 27.5 Å². The number of hydrazone groups is 1. The lowest BCUT2D eigenvalue weighted by Gasteiger charge is -2.09. The van der Waals surface area contributed by atoms with E-state index in [1.54, 1.807) is 43.3 Å². The summed E-state index contributed by atoms with van der Waals surface area (Å²) in [5.41, 5.74) is 4.11. The molecule has 9 heteroatoms. The van der Waals surface area contributed by atoms with Crippen molar-refractivity contribution < 1.29 is 18.7 Å². The highest BCUT2D eigenvalue weighted by molar-refractivity contribution is 9.10. The topological polar surface area (TPSA) is 79.8 Å². The van der Waals surface area contributed by atoms with Crippen LogP contribution < -0.4 is 15.5 Å². The number of halogens is 3. The number of carbonyl (C=O) groups excluding carboxylic acids is 2. The Morgan fingerprint density at radius 3 is 2.47 bits per heavy atom. The summed E-state index contributed by atoms with van der Waals surface area (Å²) >= 11 is 9.24. The third kappa shape index (κ3) is 6.38. The predicted molar refractivity (Wildman–Crippen MR) is 125 cm³/mol. The molecular formula is C23H18BrClFN3O3. The summed E-state index contributed by atoms with van der Waals surface area (Å²) in [7, 11) is 0. The van der Waals surface area contributed by atoms with Gasteiger partial charge < -0.3 is 10.1 Å². The number of amides is 2. The van der Waals surface area contributed by atoms with E-state index in [2.05, 4.69) is 31.8 Å². The summed E-state index contributed by atoms with van der Waals surface area (Å²) in [4.78, 5) is 23.9. The number of ether oxygens (including phenoxy) is 1. The molecule has 2 amide bonds. The van der Waals surface area contributed by atoms with Crippen molar-refractivity contribution in [3.05, 3.63) is 93.2 Å². The fourth-order valence-electron chi connectivity index (χ4n) is 2.59. The summed E-state index contributed by atoms with van der Waals surface area (Å²) in [5.74, 6) is -2.09. The van der Waals surface area contributed by atoms with Gasteiger partial charge in [0.1, 0.15) is 18.2 Å². The van der Waals surface area contributed by atoms with Crippen molar-refractivity contribution in [2.24, 2.45) is 5.10 Å². The van der Waals surface area contributed by atoms with Gasteiger partial charge in [0.25, 0.3) is 0 Å². The van der Waals surface area contributed by atoms with Gasteiger partial charge in [0.15, 0.2) is 0 Å². The van der Waals surface area contributed by atoms with Gasteiger partial charge in [-0.15, -0.1) is 0 Å². The molecule has 0 aliphatic heterocycles. The van der Waals surface area contributed by atoms with Crippen LogP contribution in [-0.2, 0) is 16.2 Å². The quantitative estimate of drug-likeness (QED) is 0.264.